The van der Waals surface area contributed by atoms with Crippen LogP contribution >= 0.6 is 0 Å². The van der Waals surface area contributed by atoms with Crippen LogP contribution in [0.3, 0.4) is 0 Å². The van der Waals surface area contributed by atoms with E-state index in [1.165, 1.54) is 6.42 Å². The molecule has 1 fully saturated rings. The normalized spacial score (nSPS) is 20.6. The SMILES string of the molecule is COc1ccc(C2=NN(C(=O)CN3CCCCC3)[C@@H](c3ccco3)C2)cc1. The number of hydrazone groups is 1. The Morgan fingerprint density at radius 3 is 2.63 bits per heavy atom. The van der Waals surface area contributed by atoms with Crippen molar-refractivity contribution in [3.8, 4) is 5.75 Å². The highest BCUT2D eigenvalue weighted by Gasteiger charge is 2.35. The number of rotatable bonds is 5. The van der Waals surface area contributed by atoms with Crippen molar-refractivity contribution in [2.75, 3.05) is 26.7 Å². The lowest BCUT2D eigenvalue weighted by Crippen LogP contribution is -2.40. The van der Waals surface area contributed by atoms with Crippen molar-refractivity contribution in [3.63, 3.8) is 0 Å². The number of methoxy groups -OCH3 is 1. The van der Waals surface area contributed by atoms with Crippen molar-refractivity contribution in [3.05, 3.63) is 54.0 Å². The van der Waals surface area contributed by atoms with E-state index in [1.807, 2.05) is 36.4 Å². The molecule has 142 valence electrons. The van der Waals surface area contributed by atoms with Crippen LogP contribution in [0.25, 0.3) is 0 Å². The van der Waals surface area contributed by atoms with Gasteiger partial charge in [-0.1, -0.05) is 6.42 Å². The maximum Gasteiger partial charge on any atom is 0.257 e. The maximum absolute atomic E-state index is 13.0. The van der Waals surface area contributed by atoms with Crippen molar-refractivity contribution >= 4 is 11.6 Å². The molecule has 0 bridgehead atoms. The summed E-state index contributed by atoms with van der Waals surface area (Å²) in [6.45, 7) is 2.39. The first-order valence-corrected chi connectivity index (χ1v) is 9.54. The molecule has 0 spiro atoms. The Morgan fingerprint density at radius 1 is 1.19 bits per heavy atom. The second-order valence-corrected chi connectivity index (χ2v) is 7.09. The van der Waals surface area contributed by atoms with Gasteiger partial charge in [-0.2, -0.15) is 5.10 Å². The summed E-state index contributed by atoms with van der Waals surface area (Å²) in [7, 11) is 1.65. The predicted octanol–water partition coefficient (Wildman–Crippen LogP) is 3.45. The van der Waals surface area contributed by atoms with Crippen LogP contribution < -0.4 is 4.74 Å². The van der Waals surface area contributed by atoms with Crippen LogP contribution in [0.15, 0.2) is 52.2 Å². The van der Waals surface area contributed by atoms with Crippen molar-refractivity contribution in [2.45, 2.75) is 31.7 Å². The molecule has 1 aromatic heterocycles. The van der Waals surface area contributed by atoms with E-state index in [-0.39, 0.29) is 11.9 Å². The quantitative estimate of drug-likeness (QED) is 0.812. The number of piperidine rings is 1. The molecule has 6 heteroatoms. The largest absolute Gasteiger partial charge is 0.497 e. The number of furan rings is 1. The average molecular weight is 367 g/mol. The summed E-state index contributed by atoms with van der Waals surface area (Å²) in [5.41, 5.74) is 1.90. The molecule has 0 unspecified atom stereocenters. The van der Waals surface area contributed by atoms with Gasteiger partial charge in [0.15, 0.2) is 0 Å². The summed E-state index contributed by atoms with van der Waals surface area (Å²) in [5, 5.41) is 6.31. The number of likely N-dealkylation sites (tertiary alicyclic amines) is 1. The fourth-order valence-electron chi connectivity index (χ4n) is 3.78. The molecule has 1 aromatic carbocycles. The third-order valence-electron chi connectivity index (χ3n) is 5.27. The molecular formula is C21H25N3O3. The van der Waals surface area contributed by atoms with Crippen LogP contribution in [-0.2, 0) is 4.79 Å². The summed E-state index contributed by atoms with van der Waals surface area (Å²) < 4.78 is 10.8. The van der Waals surface area contributed by atoms with Gasteiger partial charge in [-0.3, -0.25) is 9.69 Å². The Balaban J connectivity index is 1.56. The molecule has 6 nitrogen and oxygen atoms in total. The van der Waals surface area contributed by atoms with Gasteiger partial charge in [-0.25, -0.2) is 5.01 Å². The van der Waals surface area contributed by atoms with Gasteiger partial charge < -0.3 is 9.15 Å². The van der Waals surface area contributed by atoms with Crippen molar-refractivity contribution in [1.29, 1.82) is 0 Å². The van der Waals surface area contributed by atoms with E-state index in [9.17, 15) is 4.79 Å². The van der Waals surface area contributed by atoms with Gasteiger partial charge in [0.05, 0.1) is 25.6 Å². The maximum atomic E-state index is 13.0. The third-order valence-corrected chi connectivity index (χ3v) is 5.27. The van der Waals surface area contributed by atoms with E-state index >= 15 is 0 Å². The first-order valence-electron chi connectivity index (χ1n) is 9.54. The zero-order chi connectivity index (χ0) is 18.6. The topological polar surface area (TPSA) is 58.3 Å². The van der Waals surface area contributed by atoms with Gasteiger partial charge in [0, 0.05) is 6.42 Å². The fourth-order valence-corrected chi connectivity index (χ4v) is 3.78. The molecule has 2 aliphatic heterocycles. The van der Waals surface area contributed by atoms with E-state index in [1.54, 1.807) is 18.4 Å². The van der Waals surface area contributed by atoms with E-state index in [0.717, 1.165) is 48.7 Å². The molecule has 4 rings (SSSR count). The molecule has 2 aromatic rings. The van der Waals surface area contributed by atoms with E-state index in [2.05, 4.69) is 10.0 Å². The minimum absolute atomic E-state index is 0.0295. The summed E-state index contributed by atoms with van der Waals surface area (Å²) in [6, 6.07) is 11.4. The smallest absolute Gasteiger partial charge is 0.257 e. The summed E-state index contributed by atoms with van der Waals surface area (Å²) in [6.07, 6.45) is 5.87. The number of hydrogen-bond donors (Lipinski definition) is 0. The fraction of sp³-hybridized carbons (Fsp3) is 0.429. The Labute approximate surface area is 159 Å². The van der Waals surface area contributed by atoms with E-state index in [0.29, 0.717) is 13.0 Å². The average Bonchev–Trinajstić information content (AvgIpc) is 3.38. The van der Waals surface area contributed by atoms with Crippen LogP contribution in [0.1, 0.15) is 43.0 Å². The van der Waals surface area contributed by atoms with E-state index in [4.69, 9.17) is 9.15 Å². The number of carbonyl (C=O) groups excluding carboxylic acids is 1. The number of hydrogen-bond acceptors (Lipinski definition) is 5. The molecule has 0 radical (unpaired) electrons. The molecule has 1 saturated heterocycles. The number of ether oxygens (including phenoxy) is 1. The Morgan fingerprint density at radius 2 is 1.96 bits per heavy atom. The summed E-state index contributed by atoms with van der Waals surface area (Å²) in [5.74, 6) is 1.61. The zero-order valence-electron chi connectivity index (χ0n) is 15.6. The van der Waals surface area contributed by atoms with E-state index < -0.39 is 0 Å². The van der Waals surface area contributed by atoms with Gasteiger partial charge in [0.25, 0.3) is 5.91 Å². The highest BCUT2D eigenvalue weighted by Crippen LogP contribution is 2.33. The highest BCUT2D eigenvalue weighted by molar-refractivity contribution is 6.03. The molecule has 0 aliphatic carbocycles. The zero-order valence-corrected chi connectivity index (χ0v) is 15.6. The van der Waals surface area contributed by atoms with Gasteiger partial charge in [0.1, 0.15) is 17.6 Å². The van der Waals surface area contributed by atoms with Crippen LogP contribution in [0.2, 0.25) is 0 Å². The minimum Gasteiger partial charge on any atom is -0.497 e. The predicted molar refractivity (Wildman–Crippen MR) is 103 cm³/mol. The second-order valence-electron chi connectivity index (χ2n) is 7.09. The van der Waals surface area contributed by atoms with Crippen molar-refractivity contribution < 1.29 is 13.9 Å². The van der Waals surface area contributed by atoms with Gasteiger partial charge in [-0.05, 0) is 67.9 Å². The molecule has 0 saturated carbocycles. The van der Waals surface area contributed by atoms with Crippen LogP contribution in [0.5, 0.6) is 5.75 Å². The van der Waals surface area contributed by atoms with Crippen LogP contribution in [0, 0.1) is 0 Å². The van der Waals surface area contributed by atoms with Crippen LogP contribution in [0.4, 0.5) is 0 Å². The Kier molecular flexibility index (Phi) is 5.25. The number of carbonyl (C=O) groups is 1. The van der Waals surface area contributed by atoms with Gasteiger partial charge in [0.2, 0.25) is 0 Å². The Hall–Kier alpha value is -2.60. The molecule has 2 aliphatic rings. The first kappa shape index (κ1) is 17.8. The lowest BCUT2D eigenvalue weighted by molar-refractivity contribution is -0.134. The molecule has 0 N–H and O–H groups in total. The van der Waals surface area contributed by atoms with Crippen LogP contribution in [-0.4, -0.2) is 48.3 Å². The highest BCUT2D eigenvalue weighted by atomic mass is 16.5. The molecule has 1 atom stereocenters. The van der Waals surface area contributed by atoms with Crippen molar-refractivity contribution in [2.24, 2.45) is 5.10 Å². The summed E-state index contributed by atoms with van der Waals surface area (Å²) >= 11 is 0. The lowest BCUT2D eigenvalue weighted by Gasteiger charge is -2.28. The minimum atomic E-state index is -0.186. The number of nitrogens with zero attached hydrogens (tertiary/aromatic N) is 3. The Bertz CT molecular complexity index is 793. The molecule has 1 amide bonds. The van der Waals surface area contributed by atoms with Gasteiger partial charge in [-0.15, -0.1) is 0 Å². The number of amides is 1. The lowest BCUT2D eigenvalue weighted by atomic mass is 10.0. The third kappa shape index (κ3) is 3.90. The molecule has 27 heavy (non-hydrogen) atoms. The standard InChI is InChI=1S/C21H25N3O3/c1-26-17-9-7-16(8-10-17)18-14-19(20-6-5-13-27-20)24(22-18)21(25)15-23-11-3-2-4-12-23/h5-10,13,19H,2-4,11-12,14-15H2,1H3/t19-/m1/s1. The molecular weight excluding hydrogens is 342 g/mol. The summed E-state index contributed by atoms with van der Waals surface area (Å²) in [4.78, 5) is 15.2. The second kappa shape index (κ2) is 7.96. The van der Waals surface area contributed by atoms with Gasteiger partial charge >= 0.3 is 0 Å². The molecule has 3 heterocycles. The first-order chi connectivity index (χ1) is 13.2. The van der Waals surface area contributed by atoms with Crippen molar-refractivity contribution in [1.82, 2.24) is 9.91 Å². The monoisotopic (exact) mass is 367 g/mol. The number of benzene rings is 1.